The smallest absolute Gasteiger partial charge is 0.284 e. The van der Waals surface area contributed by atoms with Gasteiger partial charge in [-0.1, -0.05) is 13.8 Å². The molecule has 0 atom stereocenters. The lowest BCUT2D eigenvalue weighted by Gasteiger charge is -1.95. The van der Waals surface area contributed by atoms with Crippen LogP contribution >= 0.6 is 0 Å². The van der Waals surface area contributed by atoms with Crippen molar-refractivity contribution in [2.75, 3.05) is 0 Å². The molecule has 0 aliphatic rings. The molecular formula is C10H10N2O3. The van der Waals surface area contributed by atoms with Gasteiger partial charge in [0.25, 0.3) is 11.8 Å². The molecule has 2 aromatic rings. The van der Waals surface area contributed by atoms with E-state index in [1.54, 1.807) is 26.0 Å². The van der Waals surface area contributed by atoms with Crippen LogP contribution in [0.1, 0.15) is 24.5 Å². The van der Waals surface area contributed by atoms with E-state index in [1.165, 1.54) is 6.26 Å². The highest BCUT2D eigenvalue weighted by molar-refractivity contribution is 5.93. The van der Waals surface area contributed by atoms with Gasteiger partial charge in [-0.15, -0.1) is 10.2 Å². The number of ketones is 1. The molecule has 0 aromatic carbocycles. The number of carbonyl (C=O) groups is 1. The van der Waals surface area contributed by atoms with Crippen LogP contribution in [0.3, 0.4) is 0 Å². The molecule has 0 aliphatic heterocycles. The molecule has 0 saturated carbocycles. The second-order valence-corrected chi connectivity index (χ2v) is 3.41. The maximum absolute atomic E-state index is 11.5. The number of aromatic nitrogens is 2. The molecule has 78 valence electrons. The molecular weight excluding hydrogens is 196 g/mol. The summed E-state index contributed by atoms with van der Waals surface area (Å²) in [6.07, 6.45) is 1.50. The molecule has 0 N–H and O–H groups in total. The zero-order valence-corrected chi connectivity index (χ0v) is 8.43. The van der Waals surface area contributed by atoms with Crippen molar-refractivity contribution in [1.29, 1.82) is 0 Å². The summed E-state index contributed by atoms with van der Waals surface area (Å²) in [6.45, 7) is 3.55. The van der Waals surface area contributed by atoms with Gasteiger partial charge in [-0.25, -0.2) is 0 Å². The lowest BCUT2D eigenvalue weighted by atomic mass is 10.1. The first-order valence-corrected chi connectivity index (χ1v) is 4.60. The molecule has 2 rings (SSSR count). The third kappa shape index (κ3) is 1.81. The van der Waals surface area contributed by atoms with E-state index in [-0.39, 0.29) is 23.5 Å². The average Bonchev–Trinajstić information content (AvgIpc) is 2.86. The van der Waals surface area contributed by atoms with Gasteiger partial charge in [0.2, 0.25) is 5.78 Å². The zero-order valence-electron chi connectivity index (χ0n) is 8.43. The van der Waals surface area contributed by atoms with Crippen LogP contribution in [0.15, 0.2) is 27.2 Å². The largest absolute Gasteiger partial charge is 0.459 e. The van der Waals surface area contributed by atoms with Gasteiger partial charge in [-0.05, 0) is 12.1 Å². The highest BCUT2D eigenvalue weighted by atomic mass is 16.4. The normalized spacial score (nSPS) is 10.9. The minimum Gasteiger partial charge on any atom is -0.459 e. The average molecular weight is 206 g/mol. The molecule has 2 heterocycles. The summed E-state index contributed by atoms with van der Waals surface area (Å²) in [5.74, 6) is 0.390. The quantitative estimate of drug-likeness (QED) is 0.720. The standard InChI is InChI=1S/C10H10N2O3/c1-6(2)8(13)10-12-11-9(15-10)7-4-3-5-14-7/h3-6H,1-2H3. The molecule has 0 amide bonds. The molecule has 0 saturated heterocycles. The molecule has 5 nitrogen and oxygen atoms in total. The predicted molar refractivity (Wildman–Crippen MR) is 51.2 cm³/mol. The van der Waals surface area contributed by atoms with Crippen LogP contribution in [0, 0.1) is 5.92 Å². The van der Waals surface area contributed by atoms with Crippen molar-refractivity contribution in [1.82, 2.24) is 10.2 Å². The van der Waals surface area contributed by atoms with E-state index in [0.29, 0.717) is 5.76 Å². The summed E-state index contributed by atoms with van der Waals surface area (Å²) < 4.78 is 10.3. The van der Waals surface area contributed by atoms with Gasteiger partial charge in [0.1, 0.15) is 0 Å². The number of rotatable bonds is 3. The fourth-order valence-corrected chi connectivity index (χ4v) is 1.07. The monoisotopic (exact) mass is 206 g/mol. The lowest BCUT2D eigenvalue weighted by Crippen LogP contribution is -2.07. The van der Waals surface area contributed by atoms with E-state index in [4.69, 9.17) is 8.83 Å². The third-order valence-corrected chi connectivity index (χ3v) is 1.89. The zero-order chi connectivity index (χ0) is 10.8. The summed E-state index contributed by atoms with van der Waals surface area (Å²) in [7, 11) is 0. The van der Waals surface area contributed by atoms with Crippen molar-refractivity contribution in [3.05, 3.63) is 24.3 Å². The lowest BCUT2D eigenvalue weighted by molar-refractivity contribution is 0.0905. The van der Waals surface area contributed by atoms with E-state index in [9.17, 15) is 4.79 Å². The van der Waals surface area contributed by atoms with Crippen LogP contribution in [0.5, 0.6) is 0 Å². The molecule has 0 unspecified atom stereocenters. The number of furan rings is 1. The first-order chi connectivity index (χ1) is 7.18. The number of hydrogen-bond acceptors (Lipinski definition) is 5. The van der Waals surface area contributed by atoms with Crippen molar-refractivity contribution >= 4 is 5.78 Å². The number of carbonyl (C=O) groups excluding carboxylic acids is 1. The van der Waals surface area contributed by atoms with E-state index >= 15 is 0 Å². The molecule has 2 aromatic heterocycles. The van der Waals surface area contributed by atoms with Gasteiger partial charge in [-0.2, -0.15) is 0 Å². The second kappa shape index (κ2) is 3.68. The van der Waals surface area contributed by atoms with Crippen molar-refractivity contribution in [3.8, 4) is 11.7 Å². The highest BCUT2D eigenvalue weighted by Gasteiger charge is 2.19. The third-order valence-electron chi connectivity index (χ3n) is 1.89. The molecule has 0 spiro atoms. The maximum Gasteiger partial charge on any atom is 0.284 e. The van der Waals surface area contributed by atoms with Gasteiger partial charge >= 0.3 is 0 Å². The Morgan fingerprint density at radius 1 is 1.40 bits per heavy atom. The first-order valence-electron chi connectivity index (χ1n) is 4.60. The fraction of sp³-hybridized carbons (Fsp3) is 0.300. The van der Waals surface area contributed by atoms with Gasteiger partial charge < -0.3 is 8.83 Å². The second-order valence-electron chi connectivity index (χ2n) is 3.41. The van der Waals surface area contributed by atoms with Crippen LogP contribution < -0.4 is 0 Å². The summed E-state index contributed by atoms with van der Waals surface area (Å²) in [5.41, 5.74) is 0. The van der Waals surface area contributed by atoms with Crippen molar-refractivity contribution in [2.45, 2.75) is 13.8 Å². The Kier molecular flexibility index (Phi) is 2.37. The Bertz CT molecular complexity index is 457. The van der Waals surface area contributed by atoms with E-state index in [1.807, 2.05) is 0 Å². The van der Waals surface area contributed by atoms with Crippen LogP contribution in [-0.2, 0) is 0 Å². The Labute approximate surface area is 86.1 Å². The summed E-state index contributed by atoms with van der Waals surface area (Å²) >= 11 is 0. The van der Waals surface area contributed by atoms with Crippen molar-refractivity contribution < 1.29 is 13.6 Å². The maximum atomic E-state index is 11.5. The highest BCUT2D eigenvalue weighted by Crippen LogP contribution is 2.18. The molecule has 5 heteroatoms. The van der Waals surface area contributed by atoms with Crippen LogP contribution in [0.2, 0.25) is 0 Å². The van der Waals surface area contributed by atoms with Gasteiger partial charge in [0, 0.05) is 5.92 Å². The van der Waals surface area contributed by atoms with Crippen molar-refractivity contribution in [2.24, 2.45) is 5.92 Å². The Morgan fingerprint density at radius 3 is 2.80 bits per heavy atom. The first kappa shape index (κ1) is 9.64. The van der Waals surface area contributed by atoms with Gasteiger partial charge in [0.15, 0.2) is 5.76 Å². The van der Waals surface area contributed by atoms with E-state index < -0.39 is 0 Å². The van der Waals surface area contributed by atoms with E-state index in [0.717, 1.165) is 0 Å². The van der Waals surface area contributed by atoms with Crippen LogP contribution in [0.4, 0.5) is 0 Å². The Morgan fingerprint density at radius 2 is 2.20 bits per heavy atom. The molecule has 15 heavy (non-hydrogen) atoms. The number of Topliss-reactive ketones (excluding diaryl/α,β-unsaturated/α-hetero) is 1. The molecule has 0 radical (unpaired) electrons. The predicted octanol–water partition coefficient (Wildman–Crippen LogP) is 2.17. The van der Waals surface area contributed by atoms with Crippen molar-refractivity contribution in [3.63, 3.8) is 0 Å². The number of nitrogens with zero attached hydrogens (tertiary/aromatic N) is 2. The minimum atomic E-state index is -0.166. The van der Waals surface area contributed by atoms with Gasteiger partial charge in [0.05, 0.1) is 6.26 Å². The summed E-state index contributed by atoms with van der Waals surface area (Å²) in [4.78, 5) is 11.5. The summed E-state index contributed by atoms with van der Waals surface area (Å²) in [5, 5.41) is 7.40. The van der Waals surface area contributed by atoms with Crippen LogP contribution in [0.25, 0.3) is 11.7 Å². The minimum absolute atomic E-state index is 0.0244. The topological polar surface area (TPSA) is 69.1 Å². The summed E-state index contributed by atoms with van der Waals surface area (Å²) in [6, 6.07) is 3.40. The Balaban J connectivity index is 2.29. The fourth-order valence-electron chi connectivity index (χ4n) is 1.07. The number of hydrogen-bond donors (Lipinski definition) is 0. The SMILES string of the molecule is CC(C)C(=O)c1nnc(-c2ccco2)o1. The molecule has 0 fully saturated rings. The van der Waals surface area contributed by atoms with Gasteiger partial charge in [-0.3, -0.25) is 4.79 Å². The molecule has 0 aliphatic carbocycles. The van der Waals surface area contributed by atoms with Crippen LogP contribution in [-0.4, -0.2) is 16.0 Å². The molecule has 0 bridgehead atoms. The Hall–Kier alpha value is -1.91. The van der Waals surface area contributed by atoms with E-state index in [2.05, 4.69) is 10.2 Å².